The summed E-state index contributed by atoms with van der Waals surface area (Å²) in [5, 5.41) is 3.02. The summed E-state index contributed by atoms with van der Waals surface area (Å²) in [6.45, 7) is 0.927. The number of imidazole rings is 1. The van der Waals surface area contributed by atoms with E-state index in [2.05, 4.69) is 9.88 Å². The largest absolute Gasteiger partial charge is 0.493 e. The molecule has 4 rings (SSSR count). The molecule has 0 radical (unpaired) electrons. The van der Waals surface area contributed by atoms with Gasteiger partial charge in [0.05, 0.1) is 19.9 Å². The lowest BCUT2D eigenvalue weighted by molar-refractivity contribution is -0.116. The first-order chi connectivity index (χ1) is 11.7. The minimum atomic E-state index is -0.0494. The molecule has 0 saturated carbocycles. The lowest BCUT2D eigenvalue weighted by atomic mass is 9.89. The van der Waals surface area contributed by atoms with E-state index in [0.717, 1.165) is 48.7 Å². The van der Waals surface area contributed by atoms with Gasteiger partial charge in [-0.3, -0.25) is 4.79 Å². The van der Waals surface area contributed by atoms with E-state index in [1.165, 1.54) is 0 Å². The van der Waals surface area contributed by atoms with Gasteiger partial charge in [0, 0.05) is 25.3 Å². The molecular weight excluding hydrogens is 306 g/mol. The van der Waals surface area contributed by atoms with Gasteiger partial charge >= 0.3 is 0 Å². The van der Waals surface area contributed by atoms with Crippen molar-refractivity contribution >= 4 is 11.7 Å². The van der Waals surface area contributed by atoms with Crippen LogP contribution in [0.25, 0.3) is 0 Å². The number of carbonyl (C=O) groups is 1. The molecular formula is C18H21N3O3. The van der Waals surface area contributed by atoms with Crippen molar-refractivity contribution in [2.75, 3.05) is 19.5 Å². The minimum Gasteiger partial charge on any atom is -0.493 e. The molecule has 0 bridgehead atoms. The number of aryl methyl sites for hydroxylation is 1. The van der Waals surface area contributed by atoms with Crippen LogP contribution in [0.4, 0.5) is 5.82 Å². The topological polar surface area (TPSA) is 65.4 Å². The molecule has 2 aromatic rings. The third kappa shape index (κ3) is 2.33. The number of ether oxygens (including phenoxy) is 2. The number of fused-ring (bicyclic) bond motifs is 3. The Morgan fingerprint density at radius 2 is 2.04 bits per heavy atom. The first-order valence-corrected chi connectivity index (χ1v) is 8.32. The van der Waals surface area contributed by atoms with E-state index in [4.69, 9.17) is 14.5 Å². The van der Waals surface area contributed by atoms with Crippen LogP contribution in [0.1, 0.15) is 42.3 Å². The Morgan fingerprint density at radius 3 is 2.83 bits per heavy atom. The normalized spacial score (nSPS) is 19.2. The quantitative estimate of drug-likeness (QED) is 0.941. The zero-order chi connectivity index (χ0) is 16.7. The Morgan fingerprint density at radius 1 is 1.21 bits per heavy atom. The zero-order valence-electron chi connectivity index (χ0n) is 14.0. The number of nitrogens with zero attached hydrogens (tertiary/aromatic N) is 2. The Kier molecular flexibility index (Phi) is 3.67. The molecule has 1 N–H and O–H groups in total. The monoisotopic (exact) mass is 327 g/mol. The van der Waals surface area contributed by atoms with E-state index in [1.807, 2.05) is 18.2 Å². The van der Waals surface area contributed by atoms with Crippen LogP contribution in [0.2, 0.25) is 0 Å². The van der Waals surface area contributed by atoms with Crippen LogP contribution in [0.15, 0.2) is 18.2 Å². The van der Waals surface area contributed by atoms with Crippen molar-refractivity contribution in [3.05, 3.63) is 35.3 Å². The van der Waals surface area contributed by atoms with Gasteiger partial charge in [0.15, 0.2) is 11.5 Å². The molecule has 6 heteroatoms. The third-order valence-electron chi connectivity index (χ3n) is 4.89. The molecule has 1 unspecified atom stereocenters. The SMILES string of the molecule is COc1ccc(C2CC(=O)Nc3c2nc2n3CCCC2)cc1OC. The molecule has 6 nitrogen and oxygen atoms in total. The number of benzene rings is 1. The fraction of sp³-hybridized carbons (Fsp3) is 0.444. The summed E-state index contributed by atoms with van der Waals surface area (Å²) in [7, 11) is 3.24. The van der Waals surface area contributed by atoms with Crippen molar-refractivity contribution in [2.45, 2.75) is 38.1 Å². The number of nitrogens with one attached hydrogen (secondary N) is 1. The standard InChI is InChI=1S/C18H21N3O3/c1-23-13-7-6-11(9-14(13)24-2)12-10-16(22)20-18-17(12)19-15-5-3-4-8-21(15)18/h6-7,9,12H,3-5,8,10H2,1-2H3,(H,20,22). The van der Waals surface area contributed by atoms with Crippen molar-refractivity contribution in [2.24, 2.45) is 0 Å². The molecule has 1 aromatic heterocycles. The number of aromatic nitrogens is 2. The third-order valence-corrected chi connectivity index (χ3v) is 4.89. The predicted molar refractivity (Wildman–Crippen MR) is 89.8 cm³/mol. The fourth-order valence-electron chi connectivity index (χ4n) is 3.69. The van der Waals surface area contributed by atoms with Crippen molar-refractivity contribution < 1.29 is 14.3 Å². The molecule has 24 heavy (non-hydrogen) atoms. The highest BCUT2D eigenvalue weighted by Gasteiger charge is 2.33. The van der Waals surface area contributed by atoms with Crippen LogP contribution in [0.5, 0.6) is 11.5 Å². The van der Waals surface area contributed by atoms with E-state index in [9.17, 15) is 4.79 Å². The van der Waals surface area contributed by atoms with E-state index in [1.54, 1.807) is 14.2 Å². The average Bonchev–Trinajstić information content (AvgIpc) is 2.99. The maximum Gasteiger partial charge on any atom is 0.226 e. The van der Waals surface area contributed by atoms with Gasteiger partial charge < -0.3 is 19.4 Å². The van der Waals surface area contributed by atoms with E-state index in [-0.39, 0.29) is 11.8 Å². The summed E-state index contributed by atoms with van der Waals surface area (Å²) in [6.07, 6.45) is 3.66. The lowest BCUT2D eigenvalue weighted by Crippen LogP contribution is -2.25. The summed E-state index contributed by atoms with van der Waals surface area (Å²) in [6, 6.07) is 5.83. The van der Waals surface area contributed by atoms with Crippen molar-refractivity contribution in [1.29, 1.82) is 0 Å². The molecule has 3 heterocycles. The van der Waals surface area contributed by atoms with Gasteiger partial charge in [0.2, 0.25) is 5.91 Å². The van der Waals surface area contributed by atoms with Crippen LogP contribution < -0.4 is 14.8 Å². The molecule has 1 amide bonds. The maximum absolute atomic E-state index is 12.3. The molecule has 126 valence electrons. The second-order valence-electron chi connectivity index (χ2n) is 6.29. The number of hydrogen-bond acceptors (Lipinski definition) is 4. The Balaban J connectivity index is 1.80. The van der Waals surface area contributed by atoms with Gasteiger partial charge in [0.25, 0.3) is 0 Å². The second kappa shape index (κ2) is 5.85. The minimum absolute atomic E-state index is 0.0376. The molecule has 0 spiro atoms. The number of methoxy groups -OCH3 is 2. The van der Waals surface area contributed by atoms with Gasteiger partial charge in [0.1, 0.15) is 11.6 Å². The van der Waals surface area contributed by atoms with Crippen molar-refractivity contribution in [3.63, 3.8) is 0 Å². The fourth-order valence-corrected chi connectivity index (χ4v) is 3.69. The summed E-state index contributed by atoms with van der Waals surface area (Å²) in [5.41, 5.74) is 2.00. The van der Waals surface area contributed by atoms with E-state index in [0.29, 0.717) is 17.9 Å². The van der Waals surface area contributed by atoms with Gasteiger partial charge in [-0.2, -0.15) is 0 Å². The summed E-state index contributed by atoms with van der Waals surface area (Å²) in [4.78, 5) is 17.1. The van der Waals surface area contributed by atoms with Crippen LogP contribution in [0.3, 0.4) is 0 Å². The van der Waals surface area contributed by atoms with Crippen molar-refractivity contribution in [3.8, 4) is 11.5 Å². The highest BCUT2D eigenvalue weighted by Crippen LogP contribution is 2.40. The first-order valence-electron chi connectivity index (χ1n) is 8.32. The van der Waals surface area contributed by atoms with Gasteiger partial charge in [-0.1, -0.05) is 6.07 Å². The number of anilines is 1. The average molecular weight is 327 g/mol. The van der Waals surface area contributed by atoms with Crippen LogP contribution in [0, 0.1) is 0 Å². The smallest absolute Gasteiger partial charge is 0.226 e. The molecule has 2 aliphatic rings. The van der Waals surface area contributed by atoms with Crippen LogP contribution in [-0.4, -0.2) is 29.7 Å². The molecule has 0 saturated heterocycles. The van der Waals surface area contributed by atoms with Crippen LogP contribution in [-0.2, 0) is 17.8 Å². The zero-order valence-corrected chi connectivity index (χ0v) is 14.0. The highest BCUT2D eigenvalue weighted by molar-refractivity contribution is 5.94. The number of amides is 1. The predicted octanol–water partition coefficient (Wildman–Crippen LogP) is 2.71. The molecule has 2 aliphatic heterocycles. The van der Waals surface area contributed by atoms with E-state index < -0.39 is 0 Å². The van der Waals surface area contributed by atoms with Gasteiger partial charge in [-0.15, -0.1) is 0 Å². The van der Waals surface area contributed by atoms with Crippen LogP contribution >= 0.6 is 0 Å². The first kappa shape index (κ1) is 15.1. The Hall–Kier alpha value is -2.50. The maximum atomic E-state index is 12.3. The molecule has 0 aliphatic carbocycles. The number of hydrogen-bond donors (Lipinski definition) is 1. The second-order valence-corrected chi connectivity index (χ2v) is 6.29. The summed E-state index contributed by atoms with van der Waals surface area (Å²) >= 11 is 0. The summed E-state index contributed by atoms with van der Waals surface area (Å²) < 4.78 is 12.9. The number of carbonyl (C=O) groups excluding carboxylic acids is 1. The lowest BCUT2D eigenvalue weighted by Gasteiger charge is -2.24. The molecule has 0 fully saturated rings. The van der Waals surface area contributed by atoms with Gasteiger partial charge in [-0.05, 0) is 30.5 Å². The van der Waals surface area contributed by atoms with Gasteiger partial charge in [-0.25, -0.2) is 4.98 Å². The number of rotatable bonds is 3. The van der Waals surface area contributed by atoms with Crippen molar-refractivity contribution in [1.82, 2.24) is 9.55 Å². The van der Waals surface area contributed by atoms with E-state index >= 15 is 0 Å². The Bertz CT molecular complexity index is 797. The molecule has 1 atom stereocenters. The Labute approximate surface area is 140 Å². The highest BCUT2D eigenvalue weighted by atomic mass is 16.5. The molecule has 1 aromatic carbocycles. The summed E-state index contributed by atoms with van der Waals surface area (Å²) in [5.74, 6) is 3.30.